The number of piperidine rings is 1. The molecule has 2 atom stereocenters. The Bertz CT molecular complexity index is 827. The van der Waals surface area contributed by atoms with Crippen LogP contribution in [0.25, 0.3) is 11.1 Å². The fourth-order valence-corrected chi connectivity index (χ4v) is 4.51. The van der Waals surface area contributed by atoms with E-state index in [1.807, 2.05) is 30.3 Å². The summed E-state index contributed by atoms with van der Waals surface area (Å²) in [4.78, 5) is 7.57. The molecule has 4 nitrogen and oxygen atoms in total. The zero-order chi connectivity index (χ0) is 20.1. The highest BCUT2D eigenvalue weighted by Gasteiger charge is 2.24. The molecule has 0 spiro atoms. The molecule has 0 bridgehead atoms. The number of hydrogen-bond acceptors (Lipinski definition) is 2. The molecule has 4 rings (SSSR count). The molecule has 154 valence electrons. The van der Waals surface area contributed by atoms with Crippen molar-refractivity contribution in [2.24, 2.45) is 10.9 Å². The lowest BCUT2D eigenvalue weighted by molar-refractivity contribution is 0.314. The van der Waals surface area contributed by atoms with Gasteiger partial charge in [0, 0.05) is 13.1 Å². The average molecular weight is 392 g/mol. The van der Waals surface area contributed by atoms with Crippen LogP contribution in [-0.2, 0) is 0 Å². The van der Waals surface area contributed by atoms with Crippen LogP contribution in [0, 0.1) is 5.92 Å². The number of anilines is 1. The second-order valence-corrected chi connectivity index (χ2v) is 8.55. The van der Waals surface area contributed by atoms with E-state index in [1.165, 1.54) is 38.5 Å². The van der Waals surface area contributed by atoms with E-state index in [0.717, 1.165) is 42.3 Å². The maximum Gasteiger partial charge on any atom is 0.198 e. The summed E-state index contributed by atoms with van der Waals surface area (Å²) in [5, 5.41) is 14.1. The number of rotatable bonds is 3. The Morgan fingerprint density at radius 1 is 0.931 bits per heavy atom. The van der Waals surface area contributed by atoms with Crippen LogP contribution in [0.3, 0.4) is 0 Å². The van der Waals surface area contributed by atoms with E-state index in [9.17, 15) is 5.11 Å². The number of benzene rings is 2. The van der Waals surface area contributed by atoms with Crippen molar-refractivity contribution in [1.82, 2.24) is 4.90 Å². The van der Waals surface area contributed by atoms with Crippen LogP contribution in [0.1, 0.15) is 51.9 Å². The van der Waals surface area contributed by atoms with Crippen LogP contribution in [0.2, 0.25) is 0 Å². The van der Waals surface area contributed by atoms with Gasteiger partial charge in [-0.05, 0) is 61.3 Å². The van der Waals surface area contributed by atoms with E-state index >= 15 is 0 Å². The molecule has 0 aromatic heterocycles. The van der Waals surface area contributed by atoms with Crippen LogP contribution >= 0.6 is 0 Å². The molecule has 29 heavy (non-hydrogen) atoms. The minimum atomic E-state index is 0.270. The molecule has 1 aliphatic heterocycles. The Morgan fingerprint density at radius 3 is 2.45 bits per heavy atom. The Balaban J connectivity index is 1.63. The second-order valence-electron chi connectivity index (χ2n) is 8.55. The van der Waals surface area contributed by atoms with Crippen molar-refractivity contribution in [2.45, 2.75) is 57.9 Å². The molecule has 2 fully saturated rings. The monoisotopic (exact) mass is 391 g/mol. The molecule has 2 aromatic carbocycles. The summed E-state index contributed by atoms with van der Waals surface area (Å²) < 4.78 is 0. The number of hydrogen-bond donors (Lipinski definition) is 2. The predicted octanol–water partition coefficient (Wildman–Crippen LogP) is 5.89. The van der Waals surface area contributed by atoms with E-state index in [2.05, 4.69) is 29.3 Å². The van der Waals surface area contributed by atoms with Crippen LogP contribution in [0.4, 0.5) is 5.69 Å². The van der Waals surface area contributed by atoms with Gasteiger partial charge in [0.25, 0.3) is 0 Å². The van der Waals surface area contributed by atoms with E-state index in [0.29, 0.717) is 12.0 Å². The zero-order valence-corrected chi connectivity index (χ0v) is 17.5. The molecule has 0 radical (unpaired) electrons. The van der Waals surface area contributed by atoms with Crippen molar-refractivity contribution < 1.29 is 5.11 Å². The van der Waals surface area contributed by atoms with Crippen molar-refractivity contribution in [1.29, 1.82) is 0 Å². The number of nitrogens with one attached hydrogen (secondary N) is 1. The number of aromatic hydroxyl groups is 1. The second kappa shape index (κ2) is 9.34. The van der Waals surface area contributed by atoms with Gasteiger partial charge in [0.15, 0.2) is 5.96 Å². The lowest BCUT2D eigenvalue weighted by Gasteiger charge is -2.33. The first-order valence-electron chi connectivity index (χ1n) is 11.2. The van der Waals surface area contributed by atoms with E-state index < -0.39 is 0 Å². The molecule has 2 N–H and O–H groups in total. The largest absolute Gasteiger partial charge is 0.506 e. The highest BCUT2D eigenvalue weighted by molar-refractivity contribution is 5.96. The highest BCUT2D eigenvalue weighted by atomic mass is 16.3. The summed E-state index contributed by atoms with van der Waals surface area (Å²) in [6, 6.07) is 16.5. The molecule has 1 saturated heterocycles. The number of guanidine groups is 1. The van der Waals surface area contributed by atoms with Gasteiger partial charge in [0.1, 0.15) is 5.75 Å². The third-order valence-electron chi connectivity index (χ3n) is 6.36. The Labute approximate surface area is 174 Å². The summed E-state index contributed by atoms with van der Waals surface area (Å²) >= 11 is 0. The number of likely N-dealkylation sites (tertiary alicyclic amines) is 1. The Hall–Kier alpha value is -2.49. The number of phenols is 1. The van der Waals surface area contributed by atoms with Crippen LogP contribution in [0.5, 0.6) is 5.75 Å². The molecular weight excluding hydrogens is 358 g/mol. The Kier molecular flexibility index (Phi) is 6.38. The van der Waals surface area contributed by atoms with Gasteiger partial charge in [0.05, 0.1) is 11.7 Å². The first-order chi connectivity index (χ1) is 14.2. The lowest BCUT2D eigenvalue weighted by Crippen LogP contribution is -2.41. The van der Waals surface area contributed by atoms with Crippen LogP contribution in [0.15, 0.2) is 53.5 Å². The van der Waals surface area contributed by atoms with Crippen molar-refractivity contribution in [3.05, 3.63) is 48.5 Å². The van der Waals surface area contributed by atoms with Gasteiger partial charge < -0.3 is 15.3 Å². The minimum Gasteiger partial charge on any atom is -0.506 e. The zero-order valence-electron chi connectivity index (χ0n) is 17.5. The lowest BCUT2D eigenvalue weighted by atomic mass is 9.86. The molecule has 1 heterocycles. The molecule has 1 saturated carbocycles. The van der Waals surface area contributed by atoms with E-state index in [-0.39, 0.29) is 5.75 Å². The number of aliphatic imine (C=N–C) groups is 1. The van der Waals surface area contributed by atoms with Gasteiger partial charge in [-0.3, -0.25) is 0 Å². The predicted molar refractivity (Wildman–Crippen MR) is 121 cm³/mol. The van der Waals surface area contributed by atoms with Gasteiger partial charge in [-0.1, -0.05) is 56.2 Å². The number of nitrogens with zero attached hydrogens (tertiary/aromatic N) is 2. The first kappa shape index (κ1) is 19.8. The van der Waals surface area contributed by atoms with E-state index in [4.69, 9.17) is 4.99 Å². The standard InChI is InChI=1S/C25H33N3O/c1-19-10-6-7-13-22(19)26-25(28-16-8-3-9-17-28)27-23-18-21(14-15-24(23)29)20-11-4-2-5-12-20/h2,4-5,11-12,14-15,18-19,22,29H,3,6-10,13,16-17H2,1H3,(H,26,27). The number of phenolic OH excluding ortho intramolecular Hbond substituents is 1. The molecule has 2 aliphatic rings. The SMILES string of the molecule is CC1CCCCC1N=C(Nc1cc(-c2ccccc2)ccc1O)N1CCCCC1. The van der Waals surface area contributed by atoms with Crippen molar-refractivity contribution in [3.63, 3.8) is 0 Å². The minimum absolute atomic E-state index is 0.270. The molecule has 1 aliphatic carbocycles. The summed E-state index contributed by atoms with van der Waals surface area (Å²) in [6.07, 6.45) is 8.71. The van der Waals surface area contributed by atoms with Gasteiger partial charge in [0.2, 0.25) is 0 Å². The van der Waals surface area contributed by atoms with Crippen LogP contribution in [-0.4, -0.2) is 35.1 Å². The summed E-state index contributed by atoms with van der Waals surface area (Å²) in [7, 11) is 0. The highest BCUT2D eigenvalue weighted by Crippen LogP contribution is 2.31. The molecule has 4 heteroatoms. The molecule has 0 amide bonds. The van der Waals surface area contributed by atoms with Gasteiger partial charge in [-0.15, -0.1) is 0 Å². The van der Waals surface area contributed by atoms with Crippen molar-refractivity contribution in [2.75, 3.05) is 18.4 Å². The fourth-order valence-electron chi connectivity index (χ4n) is 4.51. The van der Waals surface area contributed by atoms with Gasteiger partial charge in [-0.2, -0.15) is 0 Å². The summed E-state index contributed by atoms with van der Waals surface area (Å²) in [6.45, 7) is 4.40. The van der Waals surface area contributed by atoms with E-state index in [1.54, 1.807) is 6.07 Å². The van der Waals surface area contributed by atoms with Crippen LogP contribution < -0.4 is 5.32 Å². The van der Waals surface area contributed by atoms with Gasteiger partial charge >= 0.3 is 0 Å². The van der Waals surface area contributed by atoms with Crippen molar-refractivity contribution in [3.8, 4) is 16.9 Å². The smallest absolute Gasteiger partial charge is 0.198 e. The third kappa shape index (κ3) is 4.92. The summed E-state index contributed by atoms with van der Waals surface area (Å²) in [5.74, 6) is 1.82. The maximum absolute atomic E-state index is 10.6. The normalized spacial score (nSPS) is 23.1. The maximum atomic E-state index is 10.6. The van der Waals surface area contributed by atoms with Gasteiger partial charge in [-0.25, -0.2) is 4.99 Å². The molecular formula is C25H33N3O. The quantitative estimate of drug-likeness (QED) is 0.389. The topological polar surface area (TPSA) is 47.9 Å². The van der Waals surface area contributed by atoms with Crippen molar-refractivity contribution >= 4 is 11.6 Å². The third-order valence-corrected chi connectivity index (χ3v) is 6.36. The molecule has 2 aromatic rings. The fraction of sp³-hybridized carbons (Fsp3) is 0.480. The molecule has 2 unspecified atom stereocenters. The average Bonchev–Trinajstić information content (AvgIpc) is 2.77. The first-order valence-corrected chi connectivity index (χ1v) is 11.2. The Morgan fingerprint density at radius 2 is 1.69 bits per heavy atom. The summed E-state index contributed by atoms with van der Waals surface area (Å²) in [5.41, 5.74) is 2.97.